The molecule has 1 atom stereocenters. The summed E-state index contributed by atoms with van der Waals surface area (Å²) in [4.78, 5) is 10.4. The van der Waals surface area contributed by atoms with E-state index in [-0.39, 0.29) is 11.9 Å². The number of carbonyl (C=O) groups is 1. The molecule has 9 heavy (non-hydrogen) atoms. The average Bonchev–Trinajstić information content (AvgIpc) is 1.82. The van der Waals surface area contributed by atoms with Crippen LogP contribution in [0.25, 0.3) is 0 Å². The lowest BCUT2D eigenvalue weighted by Crippen LogP contribution is -2.33. The predicted molar refractivity (Wildman–Crippen MR) is 38.6 cm³/mol. The van der Waals surface area contributed by atoms with E-state index in [4.69, 9.17) is 11.6 Å². The zero-order valence-electron chi connectivity index (χ0n) is 5.78. The quantitative estimate of drug-likeness (QED) is 0.600. The largest absolute Gasteiger partial charge is 0.352 e. The maximum Gasteiger partial charge on any atom is 0.217 e. The summed E-state index contributed by atoms with van der Waals surface area (Å²) < 4.78 is 0. The van der Waals surface area contributed by atoms with E-state index in [1.165, 1.54) is 6.92 Å². The first-order valence-corrected chi connectivity index (χ1v) is 3.57. The van der Waals surface area contributed by atoms with Crippen molar-refractivity contribution in [3.05, 3.63) is 0 Å². The van der Waals surface area contributed by atoms with Crippen LogP contribution in [0.3, 0.4) is 0 Å². The molecule has 0 saturated carbocycles. The molecule has 0 fully saturated rings. The van der Waals surface area contributed by atoms with Crippen LogP contribution in [-0.2, 0) is 4.79 Å². The molecule has 0 aliphatic rings. The number of hydrogen-bond donors (Lipinski definition) is 1. The molecule has 3 heteroatoms. The lowest BCUT2D eigenvalue weighted by atomic mass is 10.2. The van der Waals surface area contributed by atoms with Crippen LogP contribution in [0.1, 0.15) is 20.3 Å². The summed E-state index contributed by atoms with van der Waals surface area (Å²) >= 11 is 5.50. The van der Waals surface area contributed by atoms with Gasteiger partial charge in [0.05, 0.1) is 0 Å². The van der Waals surface area contributed by atoms with Gasteiger partial charge in [0.25, 0.3) is 0 Å². The van der Waals surface area contributed by atoms with Crippen molar-refractivity contribution in [2.75, 3.05) is 5.88 Å². The van der Waals surface area contributed by atoms with Crippen LogP contribution in [0, 0.1) is 0 Å². The molecule has 0 aliphatic heterocycles. The number of nitrogens with one attached hydrogen (secondary N) is 1. The van der Waals surface area contributed by atoms with Crippen LogP contribution in [-0.4, -0.2) is 17.8 Å². The highest BCUT2D eigenvalue weighted by molar-refractivity contribution is 6.18. The highest BCUT2D eigenvalue weighted by atomic mass is 35.5. The molecule has 2 nitrogen and oxygen atoms in total. The SMILES string of the molecule is CC[C@H](CCl)NC(C)=O. The van der Waals surface area contributed by atoms with Crippen molar-refractivity contribution in [2.45, 2.75) is 26.3 Å². The molecule has 1 N–H and O–H groups in total. The van der Waals surface area contributed by atoms with Crippen molar-refractivity contribution in [1.82, 2.24) is 5.32 Å². The van der Waals surface area contributed by atoms with Crippen molar-refractivity contribution in [1.29, 1.82) is 0 Å². The van der Waals surface area contributed by atoms with E-state index in [0.717, 1.165) is 6.42 Å². The van der Waals surface area contributed by atoms with Crippen LogP contribution in [0.2, 0.25) is 0 Å². The number of rotatable bonds is 3. The lowest BCUT2D eigenvalue weighted by Gasteiger charge is -2.10. The van der Waals surface area contributed by atoms with Crippen LogP contribution >= 0.6 is 11.6 Å². The molecule has 0 bridgehead atoms. The summed E-state index contributed by atoms with van der Waals surface area (Å²) in [5, 5.41) is 2.71. The fourth-order valence-electron chi connectivity index (χ4n) is 0.537. The maximum absolute atomic E-state index is 10.4. The third kappa shape index (κ3) is 4.28. The topological polar surface area (TPSA) is 29.1 Å². The molecular weight excluding hydrogens is 138 g/mol. The normalized spacial score (nSPS) is 12.8. The Morgan fingerprint density at radius 1 is 1.78 bits per heavy atom. The Kier molecular flexibility index (Phi) is 4.50. The Morgan fingerprint density at radius 2 is 2.33 bits per heavy atom. The van der Waals surface area contributed by atoms with Crippen molar-refractivity contribution in [2.24, 2.45) is 0 Å². The number of hydrogen-bond acceptors (Lipinski definition) is 1. The number of alkyl halides is 1. The van der Waals surface area contributed by atoms with E-state index < -0.39 is 0 Å². The van der Waals surface area contributed by atoms with Gasteiger partial charge in [0.1, 0.15) is 0 Å². The van der Waals surface area contributed by atoms with Crippen molar-refractivity contribution < 1.29 is 4.79 Å². The molecule has 0 aliphatic carbocycles. The molecule has 0 saturated heterocycles. The summed E-state index contributed by atoms with van der Waals surface area (Å²) in [7, 11) is 0. The van der Waals surface area contributed by atoms with Crippen LogP contribution < -0.4 is 5.32 Å². The molecule has 0 aromatic carbocycles. The van der Waals surface area contributed by atoms with Crippen molar-refractivity contribution >= 4 is 17.5 Å². The van der Waals surface area contributed by atoms with E-state index >= 15 is 0 Å². The Labute approximate surface area is 60.6 Å². The van der Waals surface area contributed by atoms with Gasteiger partial charge in [-0.25, -0.2) is 0 Å². The second kappa shape index (κ2) is 4.62. The molecule has 54 valence electrons. The molecule has 0 unspecified atom stereocenters. The van der Waals surface area contributed by atoms with Gasteiger partial charge in [-0.1, -0.05) is 6.92 Å². The summed E-state index contributed by atoms with van der Waals surface area (Å²) in [6.07, 6.45) is 0.892. The van der Waals surface area contributed by atoms with Gasteiger partial charge in [0.15, 0.2) is 0 Å². The minimum absolute atomic E-state index is 0.0116. The van der Waals surface area contributed by atoms with Gasteiger partial charge in [-0.05, 0) is 6.42 Å². The van der Waals surface area contributed by atoms with Gasteiger partial charge in [-0.3, -0.25) is 4.79 Å². The van der Waals surface area contributed by atoms with Crippen LogP contribution in [0.4, 0.5) is 0 Å². The van der Waals surface area contributed by atoms with Gasteiger partial charge in [0, 0.05) is 18.8 Å². The third-order valence-electron chi connectivity index (χ3n) is 1.09. The minimum Gasteiger partial charge on any atom is -0.352 e. The molecule has 0 heterocycles. The first-order chi connectivity index (χ1) is 4.20. The van der Waals surface area contributed by atoms with E-state index in [1.807, 2.05) is 6.92 Å². The Morgan fingerprint density at radius 3 is 2.44 bits per heavy atom. The van der Waals surface area contributed by atoms with Crippen LogP contribution in [0.15, 0.2) is 0 Å². The summed E-state index contributed by atoms with van der Waals surface area (Å²) in [6, 6.07) is 0.143. The standard InChI is InChI=1S/C6H12ClNO/c1-3-6(4-7)8-5(2)9/h6H,3-4H2,1-2H3,(H,8,9)/t6-/m1/s1. The first kappa shape index (κ1) is 8.76. The monoisotopic (exact) mass is 149 g/mol. The smallest absolute Gasteiger partial charge is 0.217 e. The second-order valence-electron chi connectivity index (χ2n) is 1.96. The molecular formula is C6H12ClNO. The Balaban J connectivity index is 3.43. The van der Waals surface area contributed by atoms with Crippen molar-refractivity contribution in [3.63, 3.8) is 0 Å². The summed E-state index contributed by atoms with van der Waals surface area (Å²) in [5.41, 5.74) is 0. The Bertz CT molecular complexity index is 91.1. The Hall–Kier alpha value is -0.240. The van der Waals surface area contributed by atoms with Gasteiger partial charge in [-0.2, -0.15) is 0 Å². The fourth-order valence-corrected chi connectivity index (χ4v) is 0.833. The molecule has 0 aromatic heterocycles. The first-order valence-electron chi connectivity index (χ1n) is 3.03. The van der Waals surface area contributed by atoms with E-state index in [1.54, 1.807) is 0 Å². The highest BCUT2D eigenvalue weighted by Gasteiger charge is 2.03. The maximum atomic E-state index is 10.4. The van der Waals surface area contributed by atoms with E-state index in [0.29, 0.717) is 5.88 Å². The minimum atomic E-state index is -0.0116. The van der Waals surface area contributed by atoms with Gasteiger partial charge in [-0.15, -0.1) is 11.6 Å². The summed E-state index contributed by atoms with van der Waals surface area (Å²) in [5.74, 6) is 0.485. The highest BCUT2D eigenvalue weighted by Crippen LogP contribution is 1.92. The molecule has 0 radical (unpaired) electrons. The van der Waals surface area contributed by atoms with Gasteiger partial charge >= 0.3 is 0 Å². The summed E-state index contributed by atoms with van der Waals surface area (Å²) in [6.45, 7) is 3.48. The molecule has 1 amide bonds. The average molecular weight is 150 g/mol. The molecule has 0 spiro atoms. The van der Waals surface area contributed by atoms with Gasteiger partial charge < -0.3 is 5.32 Å². The van der Waals surface area contributed by atoms with Crippen molar-refractivity contribution in [3.8, 4) is 0 Å². The second-order valence-corrected chi connectivity index (χ2v) is 2.27. The third-order valence-corrected chi connectivity index (χ3v) is 1.46. The molecule has 0 aromatic rings. The van der Waals surface area contributed by atoms with Gasteiger partial charge in [0.2, 0.25) is 5.91 Å². The number of halogens is 1. The number of carbonyl (C=O) groups excluding carboxylic acids is 1. The predicted octanol–water partition coefficient (Wildman–Crippen LogP) is 1.14. The van der Waals surface area contributed by atoms with E-state index in [9.17, 15) is 4.79 Å². The fraction of sp³-hybridized carbons (Fsp3) is 0.833. The zero-order valence-corrected chi connectivity index (χ0v) is 6.53. The zero-order chi connectivity index (χ0) is 7.28. The number of amides is 1. The van der Waals surface area contributed by atoms with Crippen LogP contribution in [0.5, 0.6) is 0 Å². The van der Waals surface area contributed by atoms with E-state index in [2.05, 4.69) is 5.32 Å². The lowest BCUT2D eigenvalue weighted by molar-refractivity contribution is -0.119. The molecule has 0 rings (SSSR count).